The molecule has 0 saturated carbocycles. The first-order valence-corrected chi connectivity index (χ1v) is 9.65. The fourth-order valence-corrected chi connectivity index (χ4v) is 4.29. The molecule has 5 rings (SSSR count). The molecule has 0 amide bonds. The maximum Gasteiger partial charge on any atom is 0.227 e. The van der Waals surface area contributed by atoms with Crippen LogP contribution in [0.4, 0.5) is 17.3 Å². The second-order valence-corrected chi connectivity index (χ2v) is 7.63. The summed E-state index contributed by atoms with van der Waals surface area (Å²) in [5.41, 5.74) is 13.1. The highest BCUT2D eigenvalue weighted by molar-refractivity contribution is 5.77. The number of hydrogen-bond donors (Lipinski definition) is 3. The molecule has 0 spiro atoms. The van der Waals surface area contributed by atoms with E-state index in [1.807, 2.05) is 19.1 Å². The second-order valence-electron chi connectivity index (χ2n) is 7.63. The van der Waals surface area contributed by atoms with Gasteiger partial charge in [-0.15, -0.1) is 0 Å². The van der Waals surface area contributed by atoms with E-state index in [0.29, 0.717) is 5.95 Å². The van der Waals surface area contributed by atoms with Crippen LogP contribution in [0.15, 0.2) is 60.8 Å². The maximum atomic E-state index is 6.84. The van der Waals surface area contributed by atoms with Crippen LogP contribution in [0, 0.1) is 6.92 Å². The quantitative estimate of drug-likeness (QED) is 0.640. The van der Waals surface area contributed by atoms with Crippen LogP contribution in [0.2, 0.25) is 0 Å². The minimum absolute atomic E-state index is 0.270. The van der Waals surface area contributed by atoms with E-state index >= 15 is 0 Å². The fourth-order valence-electron chi connectivity index (χ4n) is 4.29. The molecule has 2 aromatic carbocycles. The zero-order valence-electron chi connectivity index (χ0n) is 15.8. The zero-order valence-corrected chi connectivity index (χ0v) is 15.8. The van der Waals surface area contributed by atoms with Crippen molar-refractivity contribution in [2.75, 3.05) is 10.6 Å². The molecule has 5 heteroatoms. The van der Waals surface area contributed by atoms with Crippen molar-refractivity contribution < 1.29 is 0 Å². The first-order chi connectivity index (χ1) is 13.6. The standard InChI is InChI=1S/C23H23N5/c1-15-11-13-25-22(26-15)27-18-7-9-21-17(14-18)10-12-23(24,28-21)20-8-6-16-4-2-3-5-19(16)20/h2-5,7,9-14,20,28H,6,8,24H2,1H3,(H,25,26,27)/t20?,23-/m1/s1. The third-order valence-electron chi connectivity index (χ3n) is 5.70. The molecule has 0 radical (unpaired) electrons. The Hall–Kier alpha value is -3.18. The highest BCUT2D eigenvalue weighted by atomic mass is 15.1. The van der Waals surface area contributed by atoms with E-state index in [2.05, 4.69) is 69.2 Å². The molecule has 5 nitrogen and oxygen atoms in total. The Morgan fingerprint density at radius 1 is 1.18 bits per heavy atom. The predicted octanol–water partition coefficient (Wildman–Crippen LogP) is 4.35. The summed E-state index contributed by atoms with van der Waals surface area (Å²) in [7, 11) is 0. The summed E-state index contributed by atoms with van der Waals surface area (Å²) < 4.78 is 0. The molecular formula is C23H23N5. The summed E-state index contributed by atoms with van der Waals surface area (Å²) in [6.07, 6.45) is 8.13. The van der Waals surface area contributed by atoms with Crippen molar-refractivity contribution in [3.8, 4) is 0 Å². The van der Waals surface area contributed by atoms with Crippen LogP contribution in [-0.4, -0.2) is 15.6 Å². The number of nitrogens with two attached hydrogens (primary N) is 1. The van der Waals surface area contributed by atoms with Crippen molar-refractivity contribution in [1.29, 1.82) is 0 Å². The SMILES string of the molecule is Cc1ccnc(Nc2ccc3c(c2)C=C[C@](N)(C2CCc4ccccc42)N3)n1. The molecule has 2 atom stereocenters. The van der Waals surface area contributed by atoms with Crippen molar-refractivity contribution in [2.45, 2.75) is 31.3 Å². The van der Waals surface area contributed by atoms with Crippen molar-refractivity contribution in [3.63, 3.8) is 0 Å². The molecule has 140 valence electrons. The Labute approximate surface area is 164 Å². The van der Waals surface area contributed by atoms with Gasteiger partial charge in [-0.1, -0.05) is 30.3 Å². The predicted molar refractivity (Wildman–Crippen MR) is 114 cm³/mol. The lowest BCUT2D eigenvalue weighted by Gasteiger charge is -2.38. The van der Waals surface area contributed by atoms with Crippen LogP contribution in [0.25, 0.3) is 6.08 Å². The van der Waals surface area contributed by atoms with Crippen LogP contribution >= 0.6 is 0 Å². The van der Waals surface area contributed by atoms with Crippen molar-refractivity contribution in [1.82, 2.24) is 9.97 Å². The maximum absolute atomic E-state index is 6.84. The summed E-state index contributed by atoms with van der Waals surface area (Å²) in [6, 6.07) is 16.7. The average molecular weight is 369 g/mol. The third kappa shape index (κ3) is 2.94. The van der Waals surface area contributed by atoms with E-state index in [-0.39, 0.29) is 5.92 Å². The molecule has 1 aromatic heterocycles. The third-order valence-corrected chi connectivity index (χ3v) is 5.70. The topological polar surface area (TPSA) is 75.9 Å². The van der Waals surface area contributed by atoms with Gasteiger partial charge in [0.05, 0.1) is 0 Å². The van der Waals surface area contributed by atoms with E-state index in [9.17, 15) is 0 Å². The van der Waals surface area contributed by atoms with Gasteiger partial charge in [0.25, 0.3) is 0 Å². The minimum atomic E-state index is -0.575. The molecule has 0 bridgehead atoms. The van der Waals surface area contributed by atoms with Crippen LogP contribution < -0.4 is 16.4 Å². The summed E-state index contributed by atoms with van der Waals surface area (Å²) in [4.78, 5) is 8.67. The Morgan fingerprint density at radius 2 is 2.07 bits per heavy atom. The molecule has 3 aromatic rings. The second kappa shape index (κ2) is 6.46. The van der Waals surface area contributed by atoms with Crippen molar-refractivity contribution in [3.05, 3.63) is 83.2 Å². The Morgan fingerprint density at radius 3 is 2.96 bits per heavy atom. The van der Waals surface area contributed by atoms with Gasteiger partial charge in [0.15, 0.2) is 0 Å². The Bertz CT molecular complexity index is 1070. The molecule has 2 aliphatic rings. The average Bonchev–Trinajstić information content (AvgIpc) is 3.13. The zero-order chi connectivity index (χ0) is 19.1. The van der Waals surface area contributed by atoms with E-state index in [1.165, 1.54) is 11.1 Å². The molecule has 2 heterocycles. The molecule has 0 saturated heterocycles. The van der Waals surface area contributed by atoms with Gasteiger partial charge in [-0.25, -0.2) is 9.97 Å². The highest BCUT2D eigenvalue weighted by Crippen LogP contribution is 2.43. The largest absolute Gasteiger partial charge is 0.363 e. The fraction of sp³-hybridized carbons (Fsp3) is 0.217. The van der Waals surface area contributed by atoms with E-state index in [0.717, 1.165) is 35.5 Å². The first kappa shape index (κ1) is 17.0. The number of aromatic nitrogens is 2. The number of aryl methyl sites for hydroxylation is 2. The van der Waals surface area contributed by atoms with E-state index < -0.39 is 5.66 Å². The number of anilines is 3. The smallest absolute Gasteiger partial charge is 0.227 e. The van der Waals surface area contributed by atoms with Crippen molar-refractivity contribution in [2.24, 2.45) is 5.73 Å². The monoisotopic (exact) mass is 369 g/mol. The van der Waals surface area contributed by atoms with Gasteiger partial charge in [-0.05, 0) is 66.8 Å². The normalized spacial score (nSPS) is 22.3. The van der Waals surface area contributed by atoms with E-state index in [1.54, 1.807) is 6.20 Å². The molecule has 28 heavy (non-hydrogen) atoms. The summed E-state index contributed by atoms with van der Waals surface area (Å²) >= 11 is 0. The Kier molecular flexibility index (Phi) is 3.91. The van der Waals surface area contributed by atoms with Gasteiger partial charge in [0.2, 0.25) is 5.95 Å². The van der Waals surface area contributed by atoms with Gasteiger partial charge >= 0.3 is 0 Å². The number of benzene rings is 2. The van der Waals surface area contributed by atoms with Crippen molar-refractivity contribution >= 4 is 23.4 Å². The molecule has 1 aliphatic heterocycles. The van der Waals surface area contributed by atoms with Crippen LogP contribution in [0.5, 0.6) is 0 Å². The molecular weight excluding hydrogens is 346 g/mol. The molecule has 4 N–H and O–H groups in total. The van der Waals surface area contributed by atoms with Gasteiger partial charge in [0, 0.05) is 29.2 Å². The lowest BCUT2D eigenvalue weighted by molar-refractivity contribution is 0.468. The number of nitrogens with one attached hydrogen (secondary N) is 2. The van der Waals surface area contributed by atoms with Crippen LogP contribution in [-0.2, 0) is 6.42 Å². The summed E-state index contributed by atoms with van der Waals surface area (Å²) in [5.74, 6) is 0.870. The molecule has 0 fully saturated rings. The number of hydrogen-bond acceptors (Lipinski definition) is 5. The number of fused-ring (bicyclic) bond motifs is 2. The van der Waals surface area contributed by atoms with Gasteiger partial charge in [-0.2, -0.15) is 0 Å². The summed E-state index contributed by atoms with van der Waals surface area (Å²) in [6.45, 7) is 1.95. The van der Waals surface area contributed by atoms with E-state index in [4.69, 9.17) is 5.73 Å². The Balaban J connectivity index is 1.41. The van der Waals surface area contributed by atoms with Crippen LogP contribution in [0.1, 0.15) is 34.7 Å². The molecule has 1 aliphatic carbocycles. The highest BCUT2D eigenvalue weighted by Gasteiger charge is 2.39. The molecule has 1 unspecified atom stereocenters. The summed E-state index contributed by atoms with van der Waals surface area (Å²) in [5, 5.41) is 6.86. The van der Waals surface area contributed by atoms with Gasteiger partial charge in [0.1, 0.15) is 5.66 Å². The lowest BCUT2D eigenvalue weighted by atomic mass is 9.84. The lowest BCUT2D eigenvalue weighted by Crippen LogP contribution is -2.51. The minimum Gasteiger partial charge on any atom is -0.363 e. The van der Waals surface area contributed by atoms with Crippen LogP contribution in [0.3, 0.4) is 0 Å². The number of nitrogens with zero attached hydrogens (tertiary/aromatic N) is 2. The van der Waals surface area contributed by atoms with Gasteiger partial charge in [-0.3, -0.25) is 0 Å². The number of rotatable bonds is 3. The van der Waals surface area contributed by atoms with Gasteiger partial charge < -0.3 is 16.4 Å². The first-order valence-electron chi connectivity index (χ1n) is 9.65.